The molecule has 4 rings (SSSR count). The van der Waals surface area contributed by atoms with E-state index in [0.717, 1.165) is 24.2 Å². The second-order valence-electron chi connectivity index (χ2n) is 8.13. The average molecular weight is 443 g/mol. The normalized spacial score (nSPS) is 17.3. The lowest BCUT2D eigenvalue weighted by Gasteiger charge is -2.30. The number of urea groups is 1. The van der Waals surface area contributed by atoms with Gasteiger partial charge in [-0.25, -0.2) is 9.78 Å². The van der Waals surface area contributed by atoms with Crippen molar-refractivity contribution in [3.05, 3.63) is 47.2 Å². The third kappa shape index (κ3) is 5.04. The molecule has 1 aromatic carbocycles. The van der Waals surface area contributed by atoms with Crippen LogP contribution in [0.25, 0.3) is 0 Å². The number of aryl methyl sites for hydroxylation is 1. The molecule has 0 unspecified atom stereocenters. The number of oxazole rings is 1. The minimum atomic E-state index is -0.102. The van der Waals surface area contributed by atoms with Gasteiger partial charge in [-0.15, -0.1) is 0 Å². The lowest BCUT2D eigenvalue weighted by molar-refractivity contribution is 0.0298. The number of morpholine rings is 1. The number of carbonyl (C=O) groups is 2. The molecule has 2 fully saturated rings. The molecular weight excluding hydrogens is 412 g/mol. The molecule has 2 aromatic rings. The predicted molar refractivity (Wildman–Crippen MR) is 117 cm³/mol. The summed E-state index contributed by atoms with van der Waals surface area (Å²) in [4.78, 5) is 33.5. The summed E-state index contributed by atoms with van der Waals surface area (Å²) in [5.41, 5.74) is 1.38. The number of hydrogen-bond acceptors (Lipinski definition) is 6. The number of nitrogens with one attached hydrogen (secondary N) is 1. The third-order valence-electron chi connectivity index (χ3n) is 6.02. The molecule has 172 valence electrons. The Morgan fingerprint density at radius 3 is 2.62 bits per heavy atom. The van der Waals surface area contributed by atoms with Crippen LogP contribution < -0.4 is 10.1 Å². The first kappa shape index (κ1) is 22.1. The van der Waals surface area contributed by atoms with E-state index in [2.05, 4.69) is 10.3 Å². The van der Waals surface area contributed by atoms with Gasteiger partial charge in [-0.05, 0) is 37.5 Å². The van der Waals surface area contributed by atoms with Crippen LogP contribution in [0.1, 0.15) is 46.5 Å². The van der Waals surface area contributed by atoms with Crippen molar-refractivity contribution in [3.8, 4) is 5.75 Å². The van der Waals surface area contributed by atoms with Crippen molar-refractivity contribution < 1.29 is 23.5 Å². The zero-order valence-electron chi connectivity index (χ0n) is 18.6. The SMILES string of the molecule is COc1cccc(CNC(=O)N2CCC(c3nc(C(=O)N4CCOCC4)c(C)o3)CC2)c1. The quantitative estimate of drug-likeness (QED) is 0.764. The van der Waals surface area contributed by atoms with Gasteiger partial charge < -0.3 is 29.0 Å². The van der Waals surface area contributed by atoms with E-state index in [1.54, 1.807) is 18.9 Å². The number of hydrogen-bond donors (Lipinski definition) is 1. The van der Waals surface area contributed by atoms with Crippen molar-refractivity contribution in [2.24, 2.45) is 0 Å². The summed E-state index contributed by atoms with van der Waals surface area (Å²) < 4.78 is 16.4. The molecule has 2 saturated heterocycles. The highest BCUT2D eigenvalue weighted by Crippen LogP contribution is 2.29. The second kappa shape index (κ2) is 10.0. The molecular formula is C23H30N4O5. The minimum absolute atomic E-state index is 0.0851. The van der Waals surface area contributed by atoms with Crippen LogP contribution in [0.15, 0.2) is 28.7 Å². The minimum Gasteiger partial charge on any atom is -0.497 e. The molecule has 3 amide bonds. The van der Waals surface area contributed by atoms with E-state index in [-0.39, 0.29) is 17.9 Å². The number of carbonyl (C=O) groups excluding carboxylic acids is 2. The standard InChI is InChI=1S/C23H30N4O5/c1-16-20(22(28)26-10-12-31-13-11-26)25-21(32-16)18-6-8-27(9-7-18)23(29)24-15-17-4-3-5-19(14-17)30-2/h3-5,14,18H,6-13,15H2,1-2H3,(H,24,29). The van der Waals surface area contributed by atoms with Gasteiger partial charge in [-0.3, -0.25) is 4.79 Å². The number of nitrogens with zero attached hydrogens (tertiary/aromatic N) is 3. The average Bonchev–Trinajstić information content (AvgIpc) is 3.24. The highest BCUT2D eigenvalue weighted by atomic mass is 16.5. The van der Waals surface area contributed by atoms with Crippen molar-refractivity contribution in [2.45, 2.75) is 32.2 Å². The van der Waals surface area contributed by atoms with Crippen molar-refractivity contribution >= 4 is 11.9 Å². The molecule has 3 heterocycles. The van der Waals surface area contributed by atoms with E-state index in [1.165, 1.54) is 0 Å². The van der Waals surface area contributed by atoms with E-state index in [0.29, 0.717) is 63.3 Å². The number of benzene rings is 1. The van der Waals surface area contributed by atoms with Gasteiger partial charge in [0.2, 0.25) is 0 Å². The Morgan fingerprint density at radius 1 is 1.16 bits per heavy atom. The fraction of sp³-hybridized carbons (Fsp3) is 0.522. The maximum Gasteiger partial charge on any atom is 0.317 e. The largest absolute Gasteiger partial charge is 0.497 e. The molecule has 0 spiro atoms. The van der Waals surface area contributed by atoms with Crippen molar-refractivity contribution in [1.82, 2.24) is 20.1 Å². The van der Waals surface area contributed by atoms with Gasteiger partial charge in [0.25, 0.3) is 5.91 Å². The van der Waals surface area contributed by atoms with Crippen LogP contribution in [-0.4, -0.2) is 73.2 Å². The summed E-state index contributed by atoms with van der Waals surface area (Å²) in [7, 11) is 1.62. The van der Waals surface area contributed by atoms with Crippen LogP contribution in [-0.2, 0) is 11.3 Å². The molecule has 0 atom stereocenters. The summed E-state index contributed by atoms with van der Waals surface area (Å²) in [5, 5.41) is 2.97. The van der Waals surface area contributed by atoms with Crippen LogP contribution in [0.3, 0.4) is 0 Å². The first-order valence-electron chi connectivity index (χ1n) is 11.0. The fourth-order valence-electron chi connectivity index (χ4n) is 4.11. The van der Waals surface area contributed by atoms with Crippen molar-refractivity contribution in [2.75, 3.05) is 46.5 Å². The number of likely N-dealkylation sites (tertiary alicyclic amines) is 1. The van der Waals surface area contributed by atoms with E-state index in [9.17, 15) is 9.59 Å². The molecule has 9 nitrogen and oxygen atoms in total. The van der Waals surface area contributed by atoms with Crippen LogP contribution >= 0.6 is 0 Å². The van der Waals surface area contributed by atoms with E-state index in [1.807, 2.05) is 29.2 Å². The summed E-state index contributed by atoms with van der Waals surface area (Å²) in [6.07, 6.45) is 1.50. The van der Waals surface area contributed by atoms with E-state index < -0.39 is 0 Å². The van der Waals surface area contributed by atoms with Crippen LogP contribution in [0.4, 0.5) is 4.79 Å². The van der Waals surface area contributed by atoms with Gasteiger partial charge in [0.15, 0.2) is 11.6 Å². The molecule has 1 aromatic heterocycles. The zero-order chi connectivity index (χ0) is 22.5. The highest BCUT2D eigenvalue weighted by molar-refractivity contribution is 5.93. The van der Waals surface area contributed by atoms with Crippen LogP contribution in [0.2, 0.25) is 0 Å². The van der Waals surface area contributed by atoms with Gasteiger partial charge in [-0.1, -0.05) is 12.1 Å². The predicted octanol–water partition coefficient (Wildman–Crippen LogP) is 2.55. The van der Waals surface area contributed by atoms with Gasteiger partial charge in [0.05, 0.1) is 20.3 Å². The van der Waals surface area contributed by atoms with Crippen molar-refractivity contribution in [1.29, 1.82) is 0 Å². The molecule has 1 N–H and O–H groups in total. The third-order valence-corrected chi connectivity index (χ3v) is 6.02. The number of ether oxygens (including phenoxy) is 2. The Bertz CT molecular complexity index is 946. The Hall–Kier alpha value is -3.07. The van der Waals surface area contributed by atoms with Gasteiger partial charge in [-0.2, -0.15) is 0 Å². The first-order chi connectivity index (χ1) is 15.5. The Morgan fingerprint density at radius 2 is 1.91 bits per heavy atom. The zero-order valence-corrected chi connectivity index (χ0v) is 18.6. The number of amides is 3. The molecule has 0 bridgehead atoms. The van der Waals surface area contributed by atoms with Gasteiger partial charge in [0, 0.05) is 38.6 Å². The van der Waals surface area contributed by atoms with Gasteiger partial charge in [0.1, 0.15) is 11.5 Å². The monoisotopic (exact) mass is 442 g/mol. The Labute approximate surface area is 187 Å². The topological polar surface area (TPSA) is 97.1 Å². The van der Waals surface area contributed by atoms with E-state index in [4.69, 9.17) is 13.9 Å². The number of piperidine rings is 1. The Kier molecular flexibility index (Phi) is 6.94. The molecule has 2 aliphatic heterocycles. The summed E-state index contributed by atoms with van der Waals surface area (Å²) in [5.74, 6) is 1.91. The Balaban J connectivity index is 1.29. The second-order valence-corrected chi connectivity index (χ2v) is 8.13. The number of aromatic nitrogens is 1. The number of rotatable bonds is 5. The molecule has 0 radical (unpaired) electrons. The summed E-state index contributed by atoms with van der Waals surface area (Å²) >= 11 is 0. The van der Waals surface area contributed by atoms with Crippen molar-refractivity contribution in [3.63, 3.8) is 0 Å². The van der Waals surface area contributed by atoms with E-state index >= 15 is 0 Å². The molecule has 0 saturated carbocycles. The van der Waals surface area contributed by atoms with Gasteiger partial charge >= 0.3 is 6.03 Å². The molecule has 0 aliphatic carbocycles. The molecule has 2 aliphatic rings. The molecule has 32 heavy (non-hydrogen) atoms. The maximum absolute atomic E-state index is 12.8. The number of methoxy groups -OCH3 is 1. The lowest BCUT2D eigenvalue weighted by Crippen LogP contribution is -2.43. The molecule has 9 heteroatoms. The first-order valence-corrected chi connectivity index (χ1v) is 11.0. The van der Waals surface area contributed by atoms with Crippen LogP contribution in [0.5, 0.6) is 5.75 Å². The lowest BCUT2D eigenvalue weighted by atomic mass is 9.97. The summed E-state index contributed by atoms with van der Waals surface area (Å²) in [6, 6.07) is 7.56. The smallest absolute Gasteiger partial charge is 0.317 e. The summed E-state index contributed by atoms with van der Waals surface area (Å²) in [6.45, 7) is 5.70. The highest BCUT2D eigenvalue weighted by Gasteiger charge is 2.30. The maximum atomic E-state index is 12.8. The fourth-order valence-corrected chi connectivity index (χ4v) is 4.11. The van der Waals surface area contributed by atoms with Crippen LogP contribution in [0, 0.1) is 6.92 Å².